The van der Waals surface area contributed by atoms with Gasteiger partial charge in [-0.3, -0.25) is 4.90 Å². The third-order valence-corrected chi connectivity index (χ3v) is 4.14. The Morgan fingerprint density at radius 1 is 1.47 bits per heavy atom. The van der Waals surface area contributed by atoms with Crippen LogP contribution in [0.3, 0.4) is 0 Å². The van der Waals surface area contributed by atoms with Crippen molar-refractivity contribution in [1.29, 1.82) is 0 Å². The van der Waals surface area contributed by atoms with Crippen LogP contribution in [0.2, 0.25) is 0 Å². The highest BCUT2D eigenvalue weighted by molar-refractivity contribution is 9.10. The third-order valence-electron chi connectivity index (χ3n) is 3.65. The van der Waals surface area contributed by atoms with Crippen molar-refractivity contribution >= 4 is 15.9 Å². The van der Waals surface area contributed by atoms with Crippen LogP contribution in [-0.2, 0) is 6.54 Å². The molecule has 0 aliphatic carbocycles. The van der Waals surface area contributed by atoms with Crippen molar-refractivity contribution in [2.75, 3.05) is 13.1 Å². The van der Waals surface area contributed by atoms with Crippen LogP contribution in [0.5, 0.6) is 0 Å². The zero-order valence-corrected chi connectivity index (χ0v) is 12.0. The van der Waals surface area contributed by atoms with Gasteiger partial charge >= 0.3 is 0 Å². The fourth-order valence-corrected chi connectivity index (χ4v) is 3.07. The van der Waals surface area contributed by atoms with Gasteiger partial charge in [0.15, 0.2) is 0 Å². The molecule has 0 amide bonds. The second-order valence-electron chi connectivity index (χ2n) is 5.12. The number of nitrogens with two attached hydrogens (primary N) is 1. The van der Waals surface area contributed by atoms with Crippen molar-refractivity contribution in [3.8, 4) is 0 Å². The summed E-state index contributed by atoms with van der Waals surface area (Å²) in [6.07, 6.45) is 2.54. The molecule has 2 atom stereocenters. The van der Waals surface area contributed by atoms with Crippen molar-refractivity contribution < 1.29 is 0 Å². The minimum atomic E-state index is 0.553. The molecule has 1 aromatic rings. The first kappa shape index (κ1) is 13.1. The molecule has 2 nitrogen and oxygen atoms in total. The highest BCUT2D eigenvalue weighted by Crippen LogP contribution is 2.24. The molecule has 0 saturated carbocycles. The molecule has 1 heterocycles. The van der Waals surface area contributed by atoms with Gasteiger partial charge in [0.25, 0.3) is 0 Å². The number of piperidine rings is 1. The largest absolute Gasteiger partial charge is 0.329 e. The van der Waals surface area contributed by atoms with Gasteiger partial charge in [0.05, 0.1) is 0 Å². The summed E-state index contributed by atoms with van der Waals surface area (Å²) in [4.78, 5) is 2.53. The van der Waals surface area contributed by atoms with E-state index in [1.807, 2.05) is 0 Å². The molecule has 0 bridgehead atoms. The first-order valence-electron chi connectivity index (χ1n) is 6.37. The van der Waals surface area contributed by atoms with E-state index in [1.54, 1.807) is 0 Å². The number of rotatable bonds is 3. The molecule has 2 N–H and O–H groups in total. The Hall–Kier alpha value is -0.380. The first-order chi connectivity index (χ1) is 8.19. The predicted octanol–water partition coefficient (Wildman–Crippen LogP) is 3.01. The topological polar surface area (TPSA) is 29.3 Å². The standard InChI is InChI=1S/C14H21BrN2/c1-11-5-6-17(14(7-11)9-16)10-12-3-2-4-13(15)8-12/h2-4,8,11,14H,5-7,9-10,16H2,1H3. The highest BCUT2D eigenvalue weighted by atomic mass is 79.9. The van der Waals surface area contributed by atoms with E-state index in [-0.39, 0.29) is 0 Å². The molecule has 2 unspecified atom stereocenters. The molecule has 0 aromatic heterocycles. The van der Waals surface area contributed by atoms with Crippen LogP contribution in [0.15, 0.2) is 28.7 Å². The number of benzene rings is 1. The SMILES string of the molecule is CC1CCN(Cc2cccc(Br)c2)C(CN)C1. The quantitative estimate of drug-likeness (QED) is 0.929. The van der Waals surface area contributed by atoms with Crippen LogP contribution in [-0.4, -0.2) is 24.0 Å². The first-order valence-corrected chi connectivity index (χ1v) is 7.17. The summed E-state index contributed by atoms with van der Waals surface area (Å²) in [5.74, 6) is 0.822. The van der Waals surface area contributed by atoms with E-state index in [9.17, 15) is 0 Å². The molecule has 0 spiro atoms. The fraction of sp³-hybridized carbons (Fsp3) is 0.571. The van der Waals surface area contributed by atoms with E-state index in [0.29, 0.717) is 6.04 Å². The summed E-state index contributed by atoms with van der Waals surface area (Å²) in [5, 5.41) is 0. The minimum Gasteiger partial charge on any atom is -0.329 e. The van der Waals surface area contributed by atoms with E-state index in [0.717, 1.165) is 23.5 Å². The lowest BCUT2D eigenvalue weighted by molar-refractivity contribution is 0.115. The fourth-order valence-electron chi connectivity index (χ4n) is 2.62. The van der Waals surface area contributed by atoms with Crippen LogP contribution in [0.4, 0.5) is 0 Å². The van der Waals surface area contributed by atoms with Gasteiger partial charge in [-0.15, -0.1) is 0 Å². The van der Waals surface area contributed by atoms with E-state index in [1.165, 1.54) is 24.9 Å². The maximum absolute atomic E-state index is 5.89. The maximum Gasteiger partial charge on any atom is 0.0237 e. The van der Waals surface area contributed by atoms with E-state index < -0.39 is 0 Å². The number of likely N-dealkylation sites (tertiary alicyclic amines) is 1. The Balaban J connectivity index is 2.02. The number of nitrogens with zero attached hydrogens (tertiary/aromatic N) is 1. The molecule has 0 radical (unpaired) electrons. The van der Waals surface area contributed by atoms with Gasteiger partial charge in [-0.05, 0) is 43.0 Å². The average molecular weight is 297 g/mol. The lowest BCUT2D eigenvalue weighted by atomic mass is 9.92. The van der Waals surface area contributed by atoms with Crippen molar-refractivity contribution in [3.63, 3.8) is 0 Å². The second kappa shape index (κ2) is 5.98. The van der Waals surface area contributed by atoms with Crippen LogP contribution in [0.1, 0.15) is 25.3 Å². The minimum absolute atomic E-state index is 0.553. The summed E-state index contributed by atoms with van der Waals surface area (Å²) >= 11 is 3.53. The Bertz CT molecular complexity index is 367. The van der Waals surface area contributed by atoms with Gasteiger partial charge in [-0.2, -0.15) is 0 Å². The number of halogens is 1. The Morgan fingerprint density at radius 2 is 2.29 bits per heavy atom. The Labute approximate surface area is 112 Å². The van der Waals surface area contributed by atoms with Gasteiger partial charge in [0, 0.05) is 23.6 Å². The lowest BCUT2D eigenvalue weighted by Crippen LogP contribution is -2.45. The van der Waals surface area contributed by atoms with E-state index >= 15 is 0 Å². The smallest absolute Gasteiger partial charge is 0.0237 e. The van der Waals surface area contributed by atoms with Crippen LogP contribution >= 0.6 is 15.9 Å². The van der Waals surface area contributed by atoms with E-state index in [2.05, 4.69) is 52.0 Å². The van der Waals surface area contributed by atoms with Crippen molar-refractivity contribution in [2.24, 2.45) is 11.7 Å². The van der Waals surface area contributed by atoms with E-state index in [4.69, 9.17) is 5.73 Å². The van der Waals surface area contributed by atoms with Crippen LogP contribution < -0.4 is 5.73 Å². The average Bonchev–Trinajstić information content (AvgIpc) is 2.31. The molecule has 1 fully saturated rings. The molecule has 94 valence electrons. The number of hydrogen-bond donors (Lipinski definition) is 1. The molecule has 3 heteroatoms. The Kier molecular flexibility index (Phi) is 4.60. The summed E-state index contributed by atoms with van der Waals surface area (Å²) < 4.78 is 1.16. The molecule has 1 aliphatic heterocycles. The normalized spacial score (nSPS) is 26.1. The molecule has 1 aliphatic rings. The molecular formula is C14H21BrN2. The lowest BCUT2D eigenvalue weighted by Gasteiger charge is -2.38. The van der Waals surface area contributed by atoms with Gasteiger partial charge in [0.1, 0.15) is 0 Å². The van der Waals surface area contributed by atoms with Gasteiger partial charge < -0.3 is 5.73 Å². The van der Waals surface area contributed by atoms with Crippen molar-refractivity contribution in [1.82, 2.24) is 4.90 Å². The van der Waals surface area contributed by atoms with Crippen molar-refractivity contribution in [3.05, 3.63) is 34.3 Å². The van der Waals surface area contributed by atoms with Gasteiger partial charge in [-0.1, -0.05) is 35.0 Å². The molecule has 1 saturated heterocycles. The molecule has 2 rings (SSSR count). The summed E-state index contributed by atoms with van der Waals surface area (Å²) in [6.45, 7) is 5.31. The van der Waals surface area contributed by atoms with Crippen molar-refractivity contribution in [2.45, 2.75) is 32.4 Å². The zero-order valence-electron chi connectivity index (χ0n) is 10.4. The third kappa shape index (κ3) is 3.54. The maximum atomic E-state index is 5.89. The zero-order chi connectivity index (χ0) is 12.3. The highest BCUT2D eigenvalue weighted by Gasteiger charge is 2.24. The molecular weight excluding hydrogens is 276 g/mol. The molecule has 17 heavy (non-hydrogen) atoms. The summed E-state index contributed by atoms with van der Waals surface area (Å²) in [5.41, 5.74) is 7.26. The number of hydrogen-bond acceptors (Lipinski definition) is 2. The van der Waals surface area contributed by atoms with Gasteiger partial charge in [0.2, 0.25) is 0 Å². The Morgan fingerprint density at radius 3 is 3.00 bits per heavy atom. The van der Waals surface area contributed by atoms with Crippen LogP contribution in [0.25, 0.3) is 0 Å². The summed E-state index contributed by atoms with van der Waals surface area (Å²) in [6, 6.07) is 9.12. The molecule has 1 aromatic carbocycles. The predicted molar refractivity (Wildman–Crippen MR) is 75.8 cm³/mol. The van der Waals surface area contributed by atoms with Gasteiger partial charge in [-0.25, -0.2) is 0 Å². The van der Waals surface area contributed by atoms with Crippen LogP contribution in [0, 0.1) is 5.92 Å². The monoisotopic (exact) mass is 296 g/mol. The second-order valence-corrected chi connectivity index (χ2v) is 6.04. The summed E-state index contributed by atoms with van der Waals surface area (Å²) in [7, 11) is 0.